The predicted octanol–water partition coefficient (Wildman–Crippen LogP) is 3.52. The highest BCUT2D eigenvalue weighted by atomic mass is 19.4. The second kappa shape index (κ2) is 9.06. The van der Waals surface area contributed by atoms with Gasteiger partial charge in [0.1, 0.15) is 11.7 Å². The van der Waals surface area contributed by atoms with Gasteiger partial charge in [-0.2, -0.15) is 13.2 Å². The summed E-state index contributed by atoms with van der Waals surface area (Å²) in [4.78, 5) is 48.2. The maximum absolute atomic E-state index is 13.4. The van der Waals surface area contributed by atoms with Gasteiger partial charge in [-0.05, 0) is 48.2 Å². The normalized spacial score (nSPS) is 19.6. The van der Waals surface area contributed by atoms with E-state index in [-0.39, 0.29) is 36.0 Å². The van der Waals surface area contributed by atoms with E-state index in [4.69, 9.17) is 0 Å². The molecule has 3 aromatic rings. The number of nitrogens with one attached hydrogen (secondary N) is 2. The number of benzene rings is 2. The number of nitrogens with zero attached hydrogens (tertiary/aromatic N) is 3. The fourth-order valence-corrected chi connectivity index (χ4v) is 4.52. The number of amides is 3. The average molecular weight is 495 g/mol. The topological polar surface area (TPSA) is 104 Å². The molecule has 2 N–H and O–H groups in total. The molecule has 2 aromatic carbocycles. The van der Waals surface area contributed by atoms with Gasteiger partial charge < -0.3 is 15.5 Å². The third-order valence-corrected chi connectivity index (χ3v) is 6.33. The lowest BCUT2D eigenvalue weighted by Gasteiger charge is -2.37. The first-order valence-electron chi connectivity index (χ1n) is 11.2. The van der Waals surface area contributed by atoms with Crippen molar-refractivity contribution in [1.82, 2.24) is 20.2 Å². The first-order valence-corrected chi connectivity index (χ1v) is 11.2. The number of alkyl halides is 3. The molecular formula is C25H20F3N5O3. The summed E-state index contributed by atoms with van der Waals surface area (Å²) in [5.74, 6) is -1.22. The van der Waals surface area contributed by atoms with Crippen LogP contribution in [0.25, 0.3) is 11.1 Å². The largest absolute Gasteiger partial charge is 0.416 e. The quantitative estimate of drug-likeness (QED) is 0.579. The molecule has 3 heterocycles. The van der Waals surface area contributed by atoms with E-state index in [2.05, 4.69) is 20.6 Å². The Labute approximate surface area is 203 Å². The third-order valence-electron chi connectivity index (χ3n) is 6.33. The Balaban J connectivity index is 1.38. The highest BCUT2D eigenvalue weighted by Gasteiger charge is 2.40. The molecule has 11 heteroatoms. The van der Waals surface area contributed by atoms with Crippen LogP contribution in [0.15, 0.2) is 61.1 Å². The fraction of sp³-hybridized carbons (Fsp3) is 0.240. The van der Waals surface area contributed by atoms with Gasteiger partial charge in [0.2, 0.25) is 5.91 Å². The van der Waals surface area contributed by atoms with E-state index in [1.54, 1.807) is 6.07 Å². The summed E-state index contributed by atoms with van der Waals surface area (Å²) in [6.07, 6.45) is 0.325. The van der Waals surface area contributed by atoms with Crippen LogP contribution in [0.2, 0.25) is 0 Å². The Kier molecular flexibility index (Phi) is 5.91. The first kappa shape index (κ1) is 23.5. The van der Waals surface area contributed by atoms with Crippen LogP contribution in [-0.2, 0) is 11.0 Å². The number of aromatic nitrogens is 2. The number of hydrogen-bond acceptors (Lipinski definition) is 5. The van der Waals surface area contributed by atoms with Crippen LogP contribution in [0.4, 0.5) is 18.9 Å². The lowest BCUT2D eigenvalue weighted by atomic mass is 9.95. The minimum absolute atomic E-state index is 0.149. The fourth-order valence-electron chi connectivity index (χ4n) is 4.52. The lowest BCUT2D eigenvalue weighted by molar-refractivity contribution is -0.137. The molecule has 3 amide bonds. The van der Waals surface area contributed by atoms with Gasteiger partial charge in [-0.1, -0.05) is 18.2 Å². The monoisotopic (exact) mass is 495 g/mol. The van der Waals surface area contributed by atoms with Crippen molar-refractivity contribution in [2.45, 2.75) is 31.1 Å². The molecule has 0 saturated carbocycles. The molecule has 0 aliphatic carbocycles. The van der Waals surface area contributed by atoms with Crippen molar-refractivity contribution >= 4 is 23.4 Å². The van der Waals surface area contributed by atoms with Crippen LogP contribution in [0.3, 0.4) is 0 Å². The summed E-state index contributed by atoms with van der Waals surface area (Å²) < 4.78 is 39.5. The van der Waals surface area contributed by atoms with Crippen molar-refractivity contribution in [3.8, 4) is 11.1 Å². The van der Waals surface area contributed by atoms with Crippen LogP contribution < -0.4 is 10.6 Å². The molecule has 0 spiro atoms. The summed E-state index contributed by atoms with van der Waals surface area (Å²) in [7, 11) is 0. The predicted molar refractivity (Wildman–Crippen MR) is 123 cm³/mol. The summed E-state index contributed by atoms with van der Waals surface area (Å²) in [5.41, 5.74) is 0.569. The van der Waals surface area contributed by atoms with Crippen molar-refractivity contribution in [3.63, 3.8) is 0 Å². The summed E-state index contributed by atoms with van der Waals surface area (Å²) >= 11 is 0. The molecule has 2 aliphatic heterocycles. The first-order chi connectivity index (χ1) is 17.2. The zero-order valence-electron chi connectivity index (χ0n) is 18.7. The maximum Gasteiger partial charge on any atom is 0.416 e. The molecule has 36 heavy (non-hydrogen) atoms. The third kappa shape index (κ3) is 4.51. The van der Waals surface area contributed by atoms with Gasteiger partial charge in [-0.3, -0.25) is 19.4 Å². The van der Waals surface area contributed by atoms with E-state index >= 15 is 0 Å². The molecule has 1 saturated heterocycles. The molecule has 0 radical (unpaired) electrons. The van der Waals surface area contributed by atoms with Gasteiger partial charge in [0.15, 0.2) is 0 Å². The number of carbonyl (C=O) groups excluding carboxylic acids is 3. The molecule has 0 unspecified atom stereocenters. The van der Waals surface area contributed by atoms with E-state index in [9.17, 15) is 27.6 Å². The van der Waals surface area contributed by atoms with Crippen LogP contribution in [0.5, 0.6) is 0 Å². The average Bonchev–Trinajstić information content (AvgIpc) is 2.98. The Hall–Kier alpha value is -4.28. The van der Waals surface area contributed by atoms with Gasteiger partial charge in [0, 0.05) is 25.0 Å². The van der Waals surface area contributed by atoms with Gasteiger partial charge in [0.25, 0.3) is 11.8 Å². The number of halogens is 3. The van der Waals surface area contributed by atoms with E-state index in [1.807, 2.05) is 0 Å². The van der Waals surface area contributed by atoms with Crippen molar-refractivity contribution in [1.29, 1.82) is 0 Å². The number of piperidine rings is 1. The number of anilines is 1. The van der Waals surface area contributed by atoms with Gasteiger partial charge >= 0.3 is 6.18 Å². The molecule has 8 nitrogen and oxygen atoms in total. The summed E-state index contributed by atoms with van der Waals surface area (Å²) in [6, 6.07) is 8.25. The van der Waals surface area contributed by atoms with Crippen molar-refractivity contribution < 1.29 is 27.6 Å². The second-order valence-corrected chi connectivity index (χ2v) is 8.63. The molecule has 0 bridgehead atoms. The minimum Gasteiger partial charge on any atom is -0.348 e. The minimum atomic E-state index is -4.49. The lowest BCUT2D eigenvalue weighted by Crippen LogP contribution is -2.55. The van der Waals surface area contributed by atoms with Gasteiger partial charge in [0.05, 0.1) is 23.0 Å². The van der Waals surface area contributed by atoms with Crippen LogP contribution in [-0.4, -0.2) is 51.2 Å². The molecule has 1 aromatic heterocycles. The number of hydrogen-bond donors (Lipinski definition) is 2. The molecular weight excluding hydrogens is 475 g/mol. The van der Waals surface area contributed by atoms with Crippen LogP contribution in [0, 0.1) is 0 Å². The zero-order valence-corrected chi connectivity index (χ0v) is 18.7. The highest BCUT2D eigenvalue weighted by molar-refractivity contribution is 6.10. The molecule has 1 fully saturated rings. The number of fused-ring (bicyclic) bond motifs is 2. The Morgan fingerprint density at radius 3 is 2.64 bits per heavy atom. The van der Waals surface area contributed by atoms with E-state index in [1.165, 1.54) is 47.8 Å². The standard InChI is InChI=1S/C25H20F3N5O3/c26-25(27,28)16-3-1-2-14(10-16)15-4-5-19-18(11-15)24(36)33-9-6-17(12-21(33)23(35)32-19)31-22(34)20-13-29-7-8-30-20/h1-5,7-8,10-11,13,17,21H,6,9,12H2,(H,31,34)(H,32,35)/t17-,21-/m0/s1. The van der Waals surface area contributed by atoms with Crippen molar-refractivity contribution in [2.24, 2.45) is 0 Å². The Morgan fingerprint density at radius 1 is 1.08 bits per heavy atom. The summed E-state index contributed by atoms with van der Waals surface area (Å²) in [6.45, 7) is 0.218. The number of carbonyl (C=O) groups is 3. The molecule has 2 atom stereocenters. The molecule has 2 aliphatic rings. The van der Waals surface area contributed by atoms with E-state index < -0.39 is 35.5 Å². The Morgan fingerprint density at radius 2 is 1.89 bits per heavy atom. The SMILES string of the molecule is O=C(N[C@H]1CCN2C(=O)c3cc(-c4cccc(C(F)(F)F)c4)ccc3NC(=O)[C@@H]2C1)c1cnccn1. The maximum atomic E-state index is 13.4. The van der Waals surface area contributed by atoms with E-state index in [0.717, 1.165) is 12.1 Å². The van der Waals surface area contributed by atoms with Crippen LogP contribution in [0.1, 0.15) is 39.3 Å². The van der Waals surface area contributed by atoms with Crippen molar-refractivity contribution in [3.05, 3.63) is 77.9 Å². The van der Waals surface area contributed by atoms with E-state index in [0.29, 0.717) is 17.5 Å². The Bertz CT molecular complexity index is 1350. The molecule has 184 valence electrons. The second-order valence-electron chi connectivity index (χ2n) is 8.63. The zero-order chi connectivity index (χ0) is 25.4. The number of rotatable bonds is 3. The van der Waals surface area contributed by atoms with Gasteiger partial charge in [-0.25, -0.2) is 4.98 Å². The van der Waals surface area contributed by atoms with Gasteiger partial charge in [-0.15, -0.1) is 0 Å². The molecule has 5 rings (SSSR count). The summed E-state index contributed by atoms with van der Waals surface area (Å²) in [5, 5.41) is 5.60. The van der Waals surface area contributed by atoms with Crippen molar-refractivity contribution in [2.75, 3.05) is 11.9 Å². The van der Waals surface area contributed by atoms with Crippen LogP contribution >= 0.6 is 0 Å². The highest BCUT2D eigenvalue weighted by Crippen LogP contribution is 2.35. The smallest absolute Gasteiger partial charge is 0.348 e.